The lowest BCUT2D eigenvalue weighted by Gasteiger charge is -2.31. The summed E-state index contributed by atoms with van der Waals surface area (Å²) in [5.74, 6) is 0. The Labute approximate surface area is 207 Å². The quantitative estimate of drug-likeness (QED) is 0.437. The van der Waals surface area contributed by atoms with Crippen LogP contribution in [0.1, 0.15) is 30.9 Å². The number of carbonyl (C=O) groups is 1. The van der Waals surface area contributed by atoms with Gasteiger partial charge in [-0.25, -0.2) is 17.9 Å². The SMILES string of the molecule is CCOC(=O)N1CCC(NS(=O)(=O)c2ccc(CNCCc3ccccc3)c3ccccc23)CC1. The second kappa shape index (κ2) is 11.7. The van der Waals surface area contributed by atoms with E-state index in [-0.39, 0.29) is 17.0 Å². The molecule has 0 aliphatic carbocycles. The van der Waals surface area contributed by atoms with Crippen LogP contribution >= 0.6 is 0 Å². The van der Waals surface area contributed by atoms with Crippen LogP contribution in [0.4, 0.5) is 4.79 Å². The van der Waals surface area contributed by atoms with E-state index in [0.717, 1.165) is 23.9 Å². The molecular formula is C27H33N3O4S. The number of nitrogens with one attached hydrogen (secondary N) is 2. The molecule has 0 saturated carbocycles. The molecule has 35 heavy (non-hydrogen) atoms. The average Bonchev–Trinajstić information content (AvgIpc) is 2.87. The molecule has 8 heteroatoms. The standard InChI is InChI=1S/C27H33N3O4S/c1-2-34-27(31)30-18-15-23(16-19-30)29-35(32,33)26-13-12-22(24-10-6-7-11-25(24)26)20-28-17-14-21-8-4-3-5-9-21/h3-13,23,28-29H,2,14-20H2,1H3. The van der Waals surface area contributed by atoms with Crippen molar-refractivity contribution < 1.29 is 17.9 Å². The van der Waals surface area contributed by atoms with Crippen LogP contribution in [0.2, 0.25) is 0 Å². The first kappa shape index (κ1) is 25.2. The van der Waals surface area contributed by atoms with Gasteiger partial charge in [0, 0.05) is 31.1 Å². The first-order valence-corrected chi connectivity index (χ1v) is 13.7. The summed E-state index contributed by atoms with van der Waals surface area (Å²) >= 11 is 0. The van der Waals surface area contributed by atoms with Crippen LogP contribution in [0.5, 0.6) is 0 Å². The third-order valence-corrected chi connectivity index (χ3v) is 7.93. The number of carbonyl (C=O) groups excluding carboxylic acids is 1. The zero-order valence-corrected chi connectivity index (χ0v) is 20.9. The highest BCUT2D eigenvalue weighted by atomic mass is 32.2. The Morgan fingerprint density at radius 1 is 0.971 bits per heavy atom. The number of rotatable bonds is 9. The molecule has 0 atom stereocenters. The van der Waals surface area contributed by atoms with Crippen molar-refractivity contribution in [1.82, 2.24) is 14.9 Å². The molecule has 1 saturated heterocycles. The van der Waals surface area contributed by atoms with Gasteiger partial charge in [0.05, 0.1) is 11.5 Å². The first-order chi connectivity index (χ1) is 17.0. The van der Waals surface area contributed by atoms with Crippen molar-refractivity contribution in [3.63, 3.8) is 0 Å². The maximum atomic E-state index is 13.3. The maximum Gasteiger partial charge on any atom is 0.409 e. The van der Waals surface area contributed by atoms with E-state index in [9.17, 15) is 13.2 Å². The van der Waals surface area contributed by atoms with Crippen LogP contribution in [-0.4, -0.2) is 51.7 Å². The molecule has 2 N–H and O–H groups in total. The summed E-state index contributed by atoms with van der Waals surface area (Å²) in [4.78, 5) is 13.8. The molecule has 1 aliphatic rings. The summed E-state index contributed by atoms with van der Waals surface area (Å²) in [6, 6.07) is 21.3. The van der Waals surface area contributed by atoms with Gasteiger partial charge in [-0.1, -0.05) is 60.7 Å². The normalized spacial score (nSPS) is 14.8. The summed E-state index contributed by atoms with van der Waals surface area (Å²) < 4.78 is 34.6. The van der Waals surface area contributed by atoms with Crippen LogP contribution in [-0.2, 0) is 27.7 Å². The van der Waals surface area contributed by atoms with Crippen molar-refractivity contribution in [3.8, 4) is 0 Å². The van der Waals surface area contributed by atoms with E-state index in [2.05, 4.69) is 22.2 Å². The van der Waals surface area contributed by atoms with E-state index >= 15 is 0 Å². The van der Waals surface area contributed by atoms with Gasteiger partial charge in [0.2, 0.25) is 10.0 Å². The number of ether oxygens (including phenoxy) is 1. The fourth-order valence-corrected chi connectivity index (χ4v) is 6.02. The molecular weight excluding hydrogens is 462 g/mol. The molecule has 0 spiro atoms. The number of fused-ring (bicyclic) bond motifs is 1. The Morgan fingerprint density at radius 2 is 1.66 bits per heavy atom. The first-order valence-electron chi connectivity index (χ1n) is 12.2. The summed E-state index contributed by atoms with van der Waals surface area (Å²) in [5, 5.41) is 5.13. The molecule has 1 aliphatic heterocycles. The number of hydrogen-bond acceptors (Lipinski definition) is 5. The van der Waals surface area contributed by atoms with E-state index in [1.54, 1.807) is 17.9 Å². The molecule has 0 aromatic heterocycles. The lowest BCUT2D eigenvalue weighted by Crippen LogP contribution is -2.46. The molecule has 7 nitrogen and oxygen atoms in total. The van der Waals surface area contributed by atoms with E-state index in [1.807, 2.05) is 48.5 Å². The van der Waals surface area contributed by atoms with Crippen LogP contribution in [0.25, 0.3) is 10.8 Å². The van der Waals surface area contributed by atoms with Gasteiger partial charge in [-0.2, -0.15) is 0 Å². The second-order valence-corrected chi connectivity index (χ2v) is 10.4. The molecule has 3 aromatic rings. The molecule has 0 bridgehead atoms. The zero-order valence-electron chi connectivity index (χ0n) is 20.1. The third-order valence-electron chi connectivity index (χ3n) is 6.36. The number of piperidine rings is 1. The molecule has 1 fully saturated rings. The Bertz CT molecular complexity index is 1240. The van der Waals surface area contributed by atoms with Gasteiger partial charge in [0.15, 0.2) is 0 Å². The fourth-order valence-electron chi connectivity index (χ4n) is 4.50. The summed E-state index contributed by atoms with van der Waals surface area (Å²) in [5.41, 5.74) is 2.35. The highest BCUT2D eigenvalue weighted by Crippen LogP contribution is 2.27. The zero-order chi connectivity index (χ0) is 24.7. The summed E-state index contributed by atoms with van der Waals surface area (Å²) in [6.45, 7) is 4.55. The predicted octanol–water partition coefficient (Wildman–Crippen LogP) is 4.07. The Balaban J connectivity index is 1.42. The lowest BCUT2D eigenvalue weighted by atomic mass is 10.0. The molecule has 0 unspecified atom stereocenters. The number of hydrogen-bond donors (Lipinski definition) is 2. The minimum absolute atomic E-state index is 0.219. The van der Waals surface area contributed by atoms with Gasteiger partial charge >= 0.3 is 6.09 Å². The van der Waals surface area contributed by atoms with Gasteiger partial charge in [-0.15, -0.1) is 0 Å². The molecule has 1 amide bonds. The summed E-state index contributed by atoms with van der Waals surface area (Å²) in [6.07, 6.45) is 1.70. The lowest BCUT2D eigenvalue weighted by molar-refractivity contribution is 0.0966. The van der Waals surface area contributed by atoms with Crippen molar-refractivity contribution in [3.05, 3.63) is 77.9 Å². The van der Waals surface area contributed by atoms with Gasteiger partial charge in [0.25, 0.3) is 0 Å². The molecule has 4 rings (SSSR count). The van der Waals surface area contributed by atoms with Gasteiger partial charge in [-0.3, -0.25) is 0 Å². The highest BCUT2D eigenvalue weighted by molar-refractivity contribution is 7.89. The van der Waals surface area contributed by atoms with Crippen molar-refractivity contribution in [1.29, 1.82) is 0 Å². The smallest absolute Gasteiger partial charge is 0.409 e. The average molecular weight is 496 g/mol. The Morgan fingerprint density at radius 3 is 2.37 bits per heavy atom. The molecule has 0 radical (unpaired) electrons. The van der Waals surface area contributed by atoms with Crippen molar-refractivity contribution in [2.75, 3.05) is 26.2 Å². The number of likely N-dealkylation sites (tertiary alicyclic amines) is 1. The van der Waals surface area contributed by atoms with Crippen LogP contribution in [0.3, 0.4) is 0 Å². The maximum absolute atomic E-state index is 13.3. The molecule has 186 valence electrons. The predicted molar refractivity (Wildman–Crippen MR) is 138 cm³/mol. The monoisotopic (exact) mass is 495 g/mol. The Hall–Kier alpha value is -2.94. The fraction of sp³-hybridized carbons (Fsp3) is 0.370. The summed E-state index contributed by atoms with van der Waals surface area (Å²) in [7, 11) is -3.72. The third kappa shape index (κ3) is 6.39. The van der Waals surface area contributed by atoms with Gasteiger partial charge in [-0.05, 0) is 55.3 Å². The second-order valence-electron chi connectivity index (χ2n) is 8.76. The molecule has 3 aromatic carbocycles. The van der Waals surface area contributed by atoms with Crippen LogP contribution in [0, 0.1) is 0 Å². The largest absolute Gasteiger partial charge is 0.450 e. The highest BCUT2D eigenvalue weighted by Gasteiger charge is 2.28. The van der Waals surface area contributed by atoms with E-state index in [4.69, 9.17) is 4.74 Å². The topological polar surface area (TPSA) is 87.7 Å². The van der Waals surface area contributed by atoms with E-state index in [1.165, 1.54) is 5.56 Å². The van der Waals surface area contributed by atoms with Crippen molar-refractivity contribution in [2.24, 2.45) is 0 Å². The van der Waals surface area contributed by atoms with Crippen molar-refractivity contribution >= 4 is 26.9 Å². The van der Waals surface area contributed by atoms with Gasteiger partial charge < -0.3 is 15.0 Å². The number of sulfonamides is 1. The van der Waals surface area contributed by atoms with Crippen molar-refractivity contribution in [2.45, 2.75) is 43.7 Å². The number of benzene rings is 3. The Kier molecular flexibility index (Phi) is 8.38. The van der Waals surface area contributed by atoms with E-state index < -0.39 is 10.0 Å². The van der Waals surface area contributed by atoms with Crippen LogP contribution in [0.15, 0.2) is 71.6 Å². The van der Waals surface area contributed by atoms with Crippen LogP contribution < -0.4 is 10.0 Å². The minimum atomic E-state index is -3.72. The number of amides is 1. The minimum Gasteiger partial charge on any atom is -0.450 e. The molecule has 1 heterocycles. The van der Waals surface area contributed by atoms with E-state index in [0.29, 0.717) is 44.5 Å². The van der Waals surface area contributed by atoms with Gasteiger partial charge in [0.1, 0.15) is 0 Å². The number of nitrogens with zero attached hydrogens (tertiary/aromatic N) is 1.